The first-order chi connectivity index (χ1) is 9.79. The lowest BCUT2D eigenvalue weighted by Crippen LogP contribution is -1.98. The highest BCUT2D eigenvalue weighted by molar-refractivity contribution is 7.26. The Kier molecular flexibility index (Phi) is 3.52. The van der Waals surface area contributed by atoms with Gasteiger partial charge in [0.15, 0.2) is 0 Å². The Labute approximate surface area is 121 Å². The van der Waals surface area contributed by atoms with E-state index < -0.39 is 0 Å². The number of hydrogen-bond donors (Lipinski definition) is 0. The van der Waals surface area contributed by atoms with Gasteiger partial charge in [-0.05, 0) is 24.6 Å². The van der Waals surface area contributed by atoms with Gasteiger partial charge in [-0.1, -0.05) is 36.4 Å². The van der Waals surface area contributed by atoms with Gasteiger partial charge >= 0.3 is 5.97 Å². The second-order valence-electron chi connectivity index (χ2n) is 4.41. The zero-order valence-corrected chi connectivity index (χ0v) is 11.9. The summed E-state index contributed by atoms with van der Waals surface area (Å²) >= 11 is 1.75. The second-order valence-corrected chi connectivity index (χ2v) is 5.46. The first-order valence-electron chi connectivity index (χ1n) is 6.54. The molecule has 0 saturated heterocycles. The van der Waals surface area contributed by atoms with Crippen molar-refractivity contribution in [1.29, 1.82) is 0 Å². The molecule has 2 aromatic carbocycles. The van der Waals surface area contributed by atoms with Crippen LogP contribution in [0.25, 0.3) is 26.2 Å². The van der Waals surface area contributed by atoms with Crippen molar-refractivity contribution in [2.45, 2.75) is 6.92 Å². The lowest BCUT2D eigenvalue weighted by Gasteiger charge is -1.97. The largest absolute Gasteiger partial charge is 0.463 e. The summed E-state index contributed by atoms with van der Waals surface area (Å²) in [5.74, 6) is -0.300. The van der Waals surface area contributed by atoms with Crippen molar-refractivity contribution >= 4 is 43.6 Å². The van der Waals surface area contributed by atoms with Crippen molar-refractivity contribution in [3.63, 3.8) is 0 Å². The molecule has 0 radical (unpaired) electrons. The van der Waals surface area contributed by atoms with Gasteiger partial charge in [0, 0.05) is 26.2 Å². The summed E-state index contributed by atoms with van der Waals surface area (Å²) in [5, 5.41) is 2.50. The van der Waals surface area contributed by atoms with E-state index >= 15 is 0 Å². The fourth-order valence-electron chi connectivity index (χ4n) is 2.25. The molecule has 0 saturated carbocycles. The molecule has 3 heteroatoms. The van der Waals surface area contributed by atoms with Gasteiger partial charge in [-0.3, -0.25) is 0 Å². The van der Waals surface area contributed by atoms with E-state index in [0.717, 1.165) is 5.56 Å². The predicted molar refractivity (Wildman–Crippen MR) is 85.0 cm³/mol. The number of benzene rings is 2. The van der Waals surface area contributed by atoms with Crippen molar-refractivity contribution in [3.05, 3.63) is 54.1 Å². The smallest absolute Gasteiger partial charge is 0.330 e. The van der Waals surface area contributed by atoms with E-state index in [-0.39, 0.29) is 5.97 Å². The minimum atomic E-state index is -0.300. The lowest BCUT2D eigenvalue weighted by molar-refractivity contribution is -0.137. The topological polar surface area (TPSA) is 26.3 Å². The summed E-state index contributed by atoms with van der Waals surface area (Å²) in [4.78, 5) is 11.4. The van der Waals surface area contributed by atoms with Gasteiger partial charge in [-0.2, -0.15) is 0 Å². The molecule has 0 amide bonds. The predicted octanol–water partition coefficient (Wildman–Crippen LogP) is 4.63. The maximum atomic E-state index is 11.4. The summed E-state index contributed by atoms with van der Waals surface area (Å²) in [6, 6.07) is 14.5. The van der Waals surface area contributed by atoms with E-state index in [0.29, 0.717) is 6.61 Å². The highest BCUT2D eigenvalue weighted by Crippen LogP contribution is 2.36. The minimum absolute atomic E-state index is 0.300. The third-order valence-corrected chi connectivity index (χ3v) is 4.36. The van der Waals surface area contributed by atoms with Crippen LogP contribution in [0.4, 0.5) is 0 Å². The van der Waals surface area contributed by atoms with Gasteiger partial charge in [-0.25, -0.2) is 4.79 Å². The third-order valence-electron chi connectivity index (χ3n) is 3.12. The van der Waals surface area contributed by atoms with Crippen molar-refractivity contribution in [2.75, 3.05) is 6.61 Å². The number of ether oxygens (including phenoxy) is 1. The fourth-order valence-corrected chi connectivity index (χ4v) is 3.44. The minimum Gasteiger partial charge on any atom is -0.463 e. The van der Waals surface area contributed by atoms with Crippen LogP contribution in [-0.2, 0) is 9.53 Å². The van der Waals surface area contributed by atoms with Gasteiger partial charge in [0.05, 0.1) is 6.61 Å². The van der Waals surface area contributed by atoms with E-state index in [9.17, 15) is 4.79 Å². The van der Waals surface area contributed by atoms with E-state index in [2.05, 4.69) is 24.3 Å². The standard InChI is InChI=1S/C17H14O2S/c1-2-19-16(18)11-10-12-6-5-8-14-13-7-3-4-9-15(13)20-17(12)14/h3-11H,2H2,1H3. The number of fused-ring (bicyclic) bond motifs is 3. The first kappa shape index (κ1) is 12.9. The molecule has 0 fully saturated rings. The molecule has 0 N–H and O–H groups in total. The molecule has 0 aliphatic heterocycles. The highest BCUT2D eigenvalue weighted by atomic mass is 32.1. The Hall–Kier alpha value is -2.13. The summed E-state index contributed by atoms with van der Waals surface area (Å²) in [5.41, 5.74) is 1.05. The number of rotatable bonds is 3. The lowest BCUT2D eigenvalue weighted by atomic mass is 10.1. The second kappa shape index (κ2) is 5.47. The van der Waals surface area contributed by atoms with Gasteiger partial charge in [-0.15, -0.1) is 11.3 Å². The monoisotopic (exact) mass is 282 g/mol. The quantitative estimate of drug-likeness (QED) is 0.517. The van der Waals surface area contributed by atoms with Crippen molar-refractivity contribution < 1.29 is 9.53 Å². The average Bonchev–Trinajstić information content (AvgIpc) is 2.84. The number of carbonyl (C=O) groups excluding carboxylic acids is 1. The SMILES string of the molecule is CCOC(=O)C=Cc1cccc2c1sc1ccccc12. The Balaban J connectivity index is 2.10. The summed E-state index contributed by atoms with van der Waals surface area (Å²) < 4.78 is 7.38. The Bertz CT molecular complexity index is 799. The number of esters is 1. The number of hydrogen-bond acceptors (Lipinski definition) is 3. The molecule has 0 atom stereocenters. The average molecular weight is 282 g/mol. The van der Waals surface area contributed by atoms with Crippen LogP contribution in [0.1, 0.15) is 12.5 Å². The van der Waals surface area contributed by atoms with Crippen LogP contribution in [0.15, 0.2) is 48.5 Å². The zero-order valence-electron chi connectivity index (χ0n) is 11.1. The van der Waals surface area contributed by atoms with Gasteiger partial charge in [0.1, 0.15) is 0 Å². The van der Waals surface area contributed by atoms with Gasteiger partial charge in [0.25, 0.3) is 0 Å². The Morgan fingerprint density at radius 2 is 1.95 bits per heavy atom. The maximum absolute atomic E-state index is 11.4. The van der Waals surface area contributed by atoms with E-state index in [1.807, 2.05) is 24.3 Å². The maximum Gasteiger partial charge on any atom is 0.330 e. The molecule has 0 bridgehead atoms. The summed E-state index contributed by atoms with van der Waals surface area (Å²) in [7, 11) is 0. The van der Waals surface area contributed by atoms with Crippen molar-refractivity contribution in [3.8, 4) is 0 Å². The van der Waals surface area contributed by atoms with Crippen LogP contribution < -0.4 is 0 Å². The molecular weight excluding hydrogens is 268 g/mol. The van der Waals surface area contributed by atoms with Gasteiger partial charge in [0.2, 0.25) is 0 Å². The van der Waals surface area contributed by atoms with Crippen molar-refractivity contribution in [1.82, 2.24) is 0 Å². The summed E-state index contributed by atoms with van der Waals surface area (Å²) in [6.07, 6.45) is 3.32. The summed E-state index contributed by atoms with van der Waals surface area (Å²) in [6.45, 7) is 2.20. The molecule has 2 nitrogen and oxygen atoms in total. The van der Waals surface area contributed by atoms with Crippen LogP contribution in [0.2, 0.25) is 0 Å². The molecule has 0 aliphatic carbocycles. The third kappa shape index (κ3) is 2.32. The number of thiophene rings is 1. The zero-order chi connectivity index (χ0) is 13.9. The molecule has 20 heavy (non-hydrogen) atoms. The molecule has 3 aromatic rings. The van der Waals surface area contributed by atoms with Gasteiger partial charge < -0.3 is 4.74 Å². The van der Waals surface area contributed by atoms with Crippen LogP contribution in [0.5, 0.6) is 0 Å². The molecule has 1 heterocycles. The normalized spacial score (nSPS) is 11.4. The van der Waals surface area contributed by atoms with E-state index in [1.165, 1.54) is 26.2 Å². The fraction of sp³-hybridized carbons (Fsp3) is 0.118. The van der Waals surface area contributed by atoms with Crippen LogP contribution >= 0.6 is 11.3 Å². The van der Waals surface area contributed by atoms with E-state index in [4.69, 9.17) is 4.74 Å². The molecule has 3 rings (SSSR count). The molecule has 1 aromatic heterocycles. The number of carbonyl (C=O) groups is 1. The molecular formula is C17H14O2S. The first-order valence-corrected chi connectivity index (χ1v) is 7.36. The Morgan fingerprint density at radius 1 is 1.15 bits per heavy atom. The molecule has 0 unspecified atom stereocenters. The highest BCUT2D eigenvalue weighted by Gasteiger charge is 2.06. The van der Waals surface area contributed by atoms with Crippen LogP contribution in [0.3, 0.4) is 0 Å². The molecule has 100 valence electrons. The molecule has 0 spiro atoms. The van der Waals surface area contributed by atoms with Crippen molar-refractivity contribution in [2.24, 2.45) is 0 Å². The van der Waals surface area contributed by atoms with E-state index in [1.54, 1.807) is 18.3 Å². The van der Waals surface area contributed by atoms with Crippen LogP contribution in [-0.4, -0.2) is 12.6 Å². The molecule has 0 aliphatic rings. The van der Waals surface area contributed by atoms with Crippen LogP contribution in [0, 0.1) is 0 Å². The Morgan fingerprint density at radius 3 is 2.80 bits per heavy atom.